The molecule has 0 aliphatic carbocycles. The molecule has 64 valence electrons. The van der Waals surface area contributed by atoms with Gasteiger partial charge in [-0.25, -0.2) is 0 Å². The fourth-order valence-corrected chi connectivity index (χ4v) is 0.890. The molecule has 1 aromatic carbocycles. The number of nitrogen functional groups attached to an aromatic ring is 1. The van der Waals surface area contributed by atoms with Gasteiger partial charge in [0.25, 0.3) is 6.01 Å². The van der Waals surface area contributed by atoms with Crippen LogP contribution in [0.2, 0.25) is 0 Å². The lowest BCUT2D eigenvalue weighted by Gasteiger charge is -1.79. The summed E-state index contributed by atoms with van der Waals surface area (Å²) in [7, 11) is 0. The molecule has 2 rings (SSSR count). The third-order valence-electron chi connectivity index (χ3n) is 1.31. The number of hydrogen-bond acceptors (Lipinski definition) is 3. The van der Waals surface area contributed by atoms with Crippen LogP contribution in [0.1, 0.15) is 13.8 Å². The Labute approximate surface area is 71.2 Å². The minimum absolute atomic E-state index is 0.223. The lowest BCUT2D eigenvalue weighted by Crippen LogP contribution is -1.80. The Balaban J connectivity index is 0.000000336. The minimum atomic E-state index is 0.223. The Hall–Kier alpha value is -1.51. The van der Waals surface area contributed by atoms with Gasteiger partial charge >= 0.3 is 0 Å². The maximum Gasteiger partial charge on any atom is 0.292 e. The van der Waals surface area contributed by atoms with E-state index in [2.05, 4.69) is 4.98 Å². The van der Waals surface area contributed by atoms with Crippen LogP contribution in [0.25, 0.3) is 11.1 Å². The zero-order chi connectivity index (χ0) is 8.97. The third kappa shape index (κ3) is 1.56. The summed E-state index contributed by atoms with van der Waals surface area (Å²) in [5.74, 6) is 0. The second-order valence-corrected chi connectivity index (χ2v) is 2.02. The first-order valence-corrected chi connectivity index (χ1v) is 3.97. The number of rotatable bonds is 0. The molecule has 0 spiro atoms. The molecule has 0 atom stereocenters. The number of nitrogens with two attached hydrogens (primary N) is 1. The molecule has 0 aliphatic heterocycles. The van der Waals surface area contributed by atoms with Gasteiger partial charge in [0.15, 0.2) is 5.58 Å². The lowest BCUT2D eigenvalue weighted by molar-refractivity contribution is 0.626. The first kappa shape index (κ1) is 8.59. The number of anilines is 1. The normalized spacial score (nSPS) is 9.17. The summed E-state index contributed by atoms with van der Waals surface area (Å²) in [6.45, 7) is 4.00. The summed E-state index contributed by atoms with van der Waals surface area (Å²) in [6, 6.07) is 7.69. The number of para-hydroxylation sites is 2. The molecular weight excluding hydrogens is 152 g/mol. The molecule has 1 heterocycles. The Morgan fingerprint density at radius 2 is 1.92 bits per heavy atom. The lowest BCUT2D eigenvalue weighted by atomic mass is 10.3. The zero-order valence-electron chi connectivity index (χ0n) is 7.24. The molecule has 0 aliphatic rings. The topological polar surface area (TPSA) is 52.0 Å². The molecule has 0 saturated heterocycles. The fourth-order valence-electron chi connectivity index (χ4n) is 0.890. The number of fused-ring (bicyclic) bond motifs is 1. The van der Waals surface area contributed by atoms with Crippen molar-refractivity contribution in [3.63, 3.8) is 0 Å². The average Bonchev–Trinajstić information content (AvgIpc) is 2.48. The first-order valence-electron chi connectivity index (χ1n) is 3.97. The predicted molar refractivity (Wildman–Crippen MR) is 49.8 cm³/mol. The van der Waals surface area contributed by atoms with Crippen LogP contribution in [0.4, 0.5) is 6.01 Å². The minimum Gasteiger partial charge on any atom is -0.424 e. The van der Waals surface area contributed by atoms with Gasteiger partial charge < -0.3 is 10.2 Å². The Kier molecular flexibility index (Phi) is 2.69. The van der Waals surface area contributed by atoms with Crippen molar-refractivity contribution in [3.8, 4) is 0 Å². The molecule has 0 unspecified atom stereocenters. The Bertz CT molecular complexity index is 321. The van der Waals surface area contributed by atoms with Crippen LogP contribution in [-0.4, -0.2) is 4.98 Å². The summed E-state index contributed by atoms with van der Waals surface area (Å²) >= 11 is 0. The Morgan fingerprint density at radius 1 is 1.25 bits per heavy atom. The van der Waals surface area contributed by atoms with Crippen LogP contribution in [0.3, 0.4) is 0 Å². The third-order valence-corrected chi connectivity index (χ3v) is 1.31. The van der Waals surface area contributed by atoms with Crippen LogP contribution in [-0.2, 0) is 0 Å². The highest BCUT2D eigenvalue weighted by Crippen LogP contribution is 2.14. The summed E-state index contributed by atoms with van der Waals surface area (Å²) in [4.78, 5) is 3.92. The quantitative estimate of drug-likeness (QED) is 0.650. The molecule has 0 bridgehead atoms. The number of oxazole rings is 1. The predicted octanol–water partition coefficient (Wildman–Crippen LogP) is 2.44. The van der Waals surface area contributed by atoms with Gasteiger partial charge in [-0.15, -0.1) is 0 Å². The van der Waals surface area contributed by atoms with Crippen LogP contribution >= 0.6 is 0 Å². The molecule has 0 radical (unpaired) electrons. The largest absolute Gasteiger partial charge is 0.424 e. The highest BCUT2D eigenvalue weighted by atomic mass is 16.4. The van der Waals surface area contributed by atoms with Crippen LogP contribution < -0.4 is 5.73 Å². The van der Waals surface area contributed by atoms with Crippen molar-refractivity contribution in [3.05, 3.63) is 24.3 Å². The molecule has 2 N–H and O–H groups in total. The summed E-state index contributed by atoms with van der Waals surface area (Å²) in [5, 5.41) is 0. The van der Waals surface area contributed by atoms with Crippen molar-refractivity contribution in [1.82, 2.24) is 4.98 Å². The van der Waals surface area contributed by atoms with Crippen molar-refractivity contribution < 1.29 is 4.42 Å². The van der Waals surface area contributed by atoms with Gasteiger partial charge in [0.1, 0.15) is 5.52 Å². The van der Waals surface area contributed by atoms with E-state index in [1.165, 1.54) is 0 Å². The highest BCUT2D eigenvalue weighted by Gasteiger charge is 1.97. The zero-order valence-corrected chi connectivity index (χ0v) is 7.24. The molecule has 3 nitrogen and oxygen atoms in total. The molecule has 0 fully saturated rings. The SMILES string of the molecule is CC.Nc1nc2ccccc2o1. The smallest absolute Gasteiger partial charge is 0.292 e. The van der Waals surface area contributed by atoms with Gasteiger partial charge in [0, 0.05) is 0 Å². The van der Waals surface area contributed by atoms with Crippen molar-refractivity contribution in [2.75, 3.05) is 5.73 Å². The fraction of sp³-hybridized carbons (Fsp3) is 0.222. The van der Waals surface area contributed by atoms with E-state index in [1.54, 1.807) is 0 Å². The average molecular weight is 164 g/mol. The number of benzene rings is 1. The van der Waals surface area contributed by atoms with E-state index in [0.29, 0.717) is 0 Å². The van der Waals surface area contributed by atoms with Gasteiger partial charge in [0.05, 0.1) is 0 Å². The van der Waals surface area contributed by atoms with Gasteiger partial charge in [-0.2, -0.15) is 4.98 Å². The van der Waals surface area contributed by atoms with E-state index in [0.717, 1.165) is 11.1 Å². The Morgan fingerprint density at radius 3 is 2.58 bits per heavy atom. The van der Waals surface area contributed by atoms with Gasteiger partial charge in [0.2, 0.25) is 0 Å². The van der Waals surface area contributed by atoms with Crippen LogP contribution in [0, 0.1) is 0 Å². The van der Waals surface area contributed by atoms with Gasteiger partial charge in [-0.3, -0.25) is 0 Å². The number of hydrogen-bond donors (Lipinski definition) is 1. The second-order valence-electron chi connectivity index (χ2n) is 2.02. The molecule has 0 saturated carbocycles. The summed E-state index contributed by atoms with van der Waals surface area (Å²) in [6.07, 6.45) is 0. The van der Waals surface area contributed by atoms with Gasteiger partial charge in [-0.1, -0.05) is 26.0 Å². The maximum atomic E-state index is 5.31. The van der Waals surface area contributed by atoms with Crippen molar-refractivity contribution >= 4 is 17.1 Å². The molecule has 2 aromatic rings. The van der Waals surface area contributed by atoms with E-state index >= 15 is 0 Å². The summed E-state index contributed by atoms with van der Waals surface area (Å²) in [5.41, 5.74) is 6.85. The number of aromatic nitrogens is 1. The van der Waals surface area contributed by atoms with Crippen molar-refractivity contribution in [2.24, 2.45) is 0 Å². The van der Waals surface area contributed by atoms with Crippen LogP contribution in [0.5, 0.6) is 0 Å². The standard InChI is InChI=1S/C7H6N2O.C2H6/c8-7-9-5-3-1-2-4-6(5)10-7;1-2/h1-4H,(H2,8,9);1-2H3. The van der Waals surface area contributed by atoms with E-state index in [4.69, 9.17) is 10.2 Å². The van der Waals surface area contributed by atoms with E-state index in [-0.39, 0.29) is 6.01 Å². The molecule has 0 amide bonds. The molecule has 3 heteroatoms. The number of nitrogens with zero attached hydrogens (tertiary/aromatic N) is 1. The van der Waals surface area contributed by atoms with Crippen molar-refractivity contribution in [1.29, 1.82) is 0 Å². The van der Waals surface area contributed by atoms with E-state index < -0.39 is 0 Å². The van der Waals surface area contributed by atoms with Gasteiger partial charge in [-0.05, 0) is 12.1 Å². The van der Waals surface area contributed by atoms with Crippen molar-refractivity contribution in [2.45, 2.75) is 13.8 Å². The monoisotopic (exact) mass is 164 g/mol. The van der Waals surface area contributed by atoms with E-state index in [9.17, 15) is 0 Å². The molecule has 12 heavy (non-hydrogen) atoms. The molecule has 1 aromatic heterocycles. The first-order chi connectivity index (χ1) is 5.86. The highest BCUT2D eigenvalue weighted by molar-refractivity contribution is 5.73. The molecular formula is C9H12N2O. The maximum absolute atomic E-state index is 5.31. The summed E-state index contributed by atoms with van der Waals surface area (Å²) < 4.78 is 5.03. The van der Waals surface area contributed by atoms with E-state index in [1.807, 2.05) is 38.1 Å². The second kappa shape index (κ2) is 3.76. The van der Waals surface area contributed by atoms with Crippen LogP contribution in [0.15, 0.2) is 28.7 Å².